The lowest BCUT2D eigenvalue weighted by Gasteiger charge is -2.17. The fourth-order valence-corrected chi connectivity index (χ4v) is 3.05. The van der Waals surface area contributed by atoms with Crippen LogP contribution in [0, 0.1) is 10.1 Å². The second-order valence-corrected chi connectivity index (χ2v) is 5.99. The molecule has 2 atom stereocenters. The standard InChI is InChI=1S/C18H19N3O4.ClH/c19-15-11-20(10-14(15)13-6-2-1-3-7-13)18(22)12-25-17-9-5-4-8-16(17)21(23)24;/h1-9,14-15H,10-12,19H2;1H/t14-,15+;/m0./s1. The number of nitro benzene ring substituents is 1. The van der Waals surface area contributed by atoms with Crippen LogP contribution in [0.5, 0.6) is 5.75 Å². The topological polar surface area (TPSA) is 98.7 Å². The molecule has 2 N–H and O–H groups in total. The number of rotatable bonds is 5. The fraction of sp³-hybridized carbons (Fsp3) is 0.278. The highest BCUT2D eigenvalue weighted by atomic mass is 35.5. The molecule has 1 fully saturated rings. The minimum atomic E-state index is -0.531. The Labute approximate surface area is 157 Å². The molecule has 0 aliphatic carbocycles. The molecule has 1 heterocycles. The van der Waals surface area contributed by atoms with Crippen molar-refractivity contribution in [1.82, 2.24) is 4.90 Å². The van der Waals surface area contributed by atoms with E-state index in [9.17, 15) is 14.9 Å². The van der Waals surface area contributed by atoms with Gasteiger partial charge in [0.1, 0.15) is 0 Å². The van der Waals surface area contributed by atoms with Gasteiger partial charge < -0.3 is 15.4 Å². The Hall–Kier alpha value is -2.64. The number of carbonyl (C=O) groups excluding carboxylic acids is 1. The Bertz CT molecular complexity index is 772. The van der Waals surface area contributed by atoms with E-state index in [1.165, 1.54) is 12.1 Å². The molecule has 7 nitrogen and oxygen atoms in total. The Morgan fingerprint density at radius 3 is 2.50 bits per heavy atom. The average Bonchev–Trinajstić information content (AvgIpc) is 3.02. The quantitative estimate of drug-likeness (QED) is 0.637. The van der Waals surface area contributed by atoms with E-state index in [0.29, 0.717) is 13.1 Å². The predicted octanol–water partition coefficient (Wildman–Crippen LogP) is 2.35. The molecule has 26 heavy (non-hydrogen) atoms. The SMILES string of the molecule is Cl.N[C@@H]1CN(C(=O)COc2ccccc2[N+](=O)[O-])C[C@H]1c1ccccc1. The van der Waals surface area contributed by atoms with Crippen molar-refractivity contribution in [3.63, 3.8) is 0 Å². The molecule has 0 spiro atoms. The number of likely N-dealkylation sites (tertiary alicyclic amines) is 1. The summed E-state index contributed by atoms with van der Waals surface area (Å²) in [7, 11) is 0. The number of nitrogens with zero attached hydrogens (tertiary/aromatic N) is 2. The first-order chi connectivity index (χ1) is 12.1. The summed E-state index contributed by atoms with van der Waals surface area (Å²) >= 11 is 0. The van der Waals surface area contributed by atoms with Crippen molar-refractivity contribution < 1.29 is 14.5 Å². The maximum atomic E-state index is 12.4. The second-order valence-electron chi connectivity index (χ2n) is 5.99. The predicted molar refractivity (Wildman–Crippen MR) is 99.6 cm³/mol. The normalized spacial score (nSPS) is 18.9. The maximum Gasteiger partial charge on any atom is 0.310 e. The van der Waals surface area contributed by atoms with Gasteiger partial charge >= 0.3 is 5.69 Å². The second kappa shape index (κ2) is 8.64. The van der Waals surface area contributed by atoms with Crippen molar-refractivity contribution in [1.29, 1.82) is 0 Å². The maximum absolute atomic E-state index is 12.4. The number of para-hydroxylation sites is 2. The van der Waals surface area contributed by atoms with Crippen molar-refractivity contribution in [2.75, 3.05) is 19.7 Å². The van der Waals surface area contributed by atoms with Crippen LogP contribution >= 0.6 is 12.4 Å². The van der Waals surface area contributed by atoms with Gasteiger partial charge in [-0.3, -0.25) is 14.9 Å². The lowest BCUT2D eigenvalue weighted by atomic mass is 9.95. The molecule has 0 saturated carbocycles. The molecule has 1 saturated heterocycles. The van der Waals surface area contributed by atoms with Gasteiger partial charge in [0.25, 0.3) is 5.91 Å². The van der Waals surface area contributed by atoms with Crippen LogP contribution in [0.15, 0.2) is 54.6 Å². The van der Waals surface area contributed by atoms with Crippen molar-refractivity contribution in [3.8, 4) is 5.75 Å². The van der Waals surface area contributed by atoms with Gasteiger partial charge in [0, 0.05) is 31.1 Å². The number of hydrogen-bond acceptors (Lipinski definition) is 5. The number of benzene rings is 2. The molecule has 8 heteroatoms. The fourth-order valence-electron chi connectivity index (χ4n) is 3.05. The molecule has 0 radical (unpaired) electrons. The molecule has 138 valence electrons. The summed E-state index contributed by atoms with van der Waals surface area (Å²) in [4.78, 5) is 24.5. The van der Waals surface area contributed by atoms with Crippen LogP contribution in [0.3, 0.4) is 0 Å². The third kappa shape index (κ3) is 4.30. The largest absolute Gasteiger partial charge is 0.477 e. The molecule has 0 aromatic heterocycles. The molecule has 0 unspecified atom stereocenters. The van der Waals surface area contributed by atoms with E-state index in [4.69, 9.17) is 10.5 Å². The van der Waals surface area contributed by atoms with E-state index in [-0.39, 0.29) is 48.3 Å². The zero-order chi connectivity index (χ0) is 17.8. The van der Waals surface area contributed by atoms with Gasteiger partial charge in [-0.05, 0) is 11.6 Å². The first kappa shape index (κ1) is 19.7. The van der Waals surface area contributed by atoms with Gasteiger partial charge in [-0.25, -0.2) is 0 Å². The van der Waals surface area contributed by atoms with Gasteiger partial charge in [-0.1, -0.05) is 42.5 Å². The van der Waals surface area contributed by atoms with E-state index >= 15 is 0 Å². The number of ether oxygens (including phenoxy) is 1. The number of nitro groups is 1. The summed E-state index contributed by atoms with van der Waals surface area (Å²) in [5.41, 5.74) is 7.13. The monoisotopic (exact) mass is 377 g/mol. The number of halogens is 1. The molecule has 1 aliphatic rings. The van der Waals surface area contributed by atoms with Crippen LogP contribution < -0.4 is 10.5 Å². The van der Waals surface area contributed by atoms with Crippen LogP contribution in [0.4, 0.5) is 5.69 Å². The van der Waals surface area contributed by atoms with Crippen molar-refractivity contribution in [2.45, 2.75) is 12.0 Å². The van der Waals surface area contributed by atoms with Crippen molar-refractivity contribution in [3.05, 3.63) is 70.3 Å². The van der Waals surface area contributed by atoms with Crippen LogP contribution in [0.25, 0.3) is 0 Å². The van der Waals surface area contributed by atoms with Crippen molar-refractivity contribution in [2.24, 2.45) is 5.73 Å². The zero-order valence-electron chi connectivity index (χ0n) is 14.0. The van der Waals surface area contributed by atoms with E-state index in [2.05, 4.69) is 0 Å². The summed E-state index contributed by atoms with van der Waals surface area (Å²) in [6, 6.07) is 15.7. The minimum absolute atomic E-state index is 0. The highest BCUT2D eigenvalue weighted by Crippen LogP contribution is 2.28. The molecular weight excluding hydrogens is 358 g/mol. The lowest BCUT2D eigenvalue weighted by molar-refractivity contribution is -0.385. The number of nitrogens with two attached hydrogens (primary N) is 1. The van der Waals surface area contributed by atoms with Crippen LogP contribution in [0.1, 0.15) is 11.5 Å². The summed E-state index contributed by atoms with van der Waals surface area (Å²) in [6.07, 6.45) is 0. The first-order valence-corrected chi connectivity index (χ1v) is 8.01. The Kier molecular flexibility index (Phi) is 6.54. The summed E-state index contributed by atoms with van der Waals surface area (Å²) < 4.78 is 5.38. The smallest absolute Gasteiger partial charge is 0.310 e. The van der Waals surface area contributed by atoms with Gasteiger partial charge in [-0.15, -0.1) is 12.4 Å². The highest BCUT2D eigenvalue weighted by Gasteiger charge is 2.34. The zero-order valence-corrected chi connectivity index (χ0v) is 14.8. The molecule has 1 aliphatic heterocycles. The van der Waals surface area contributed by atoms with Crippen LogP contribution in [-0.2, 0) is 4.79 Å². The summed E-state index contributed by atoms with van der Waals surface area (Å²) in [5, 5.41) is 11.0. The molecule has 0 bridgehead atoms. The Balaban J connectivity index is 0.00000243. The molecule has 3 rings (SSSR count). The Morgan fingerprint density at radius 2 is 1.81 bits per heavy atom. The van der Waals surface area contributed by atoms with Gasteiger partial charge in [0.05, 0.1) is 4.92 Å². The average molecular weight is 378 g/mol. The van der Waals surface area contributed by atoms with E-state index in [1.807, 2.05) is 30.3 Å². The Morgan fingerprint density at radius 1 is 1.15 bits per heavy atom. The third-order valence-electron chi connectivity index (χ3n) is 4.36. The summed E-state index contributed by atoms with van der Waals surface area (Å²) in [5.74, 6) is -0.0628. The van der Waals surface area contributed by atoms with Gasteiger partial charge in [-0.2, -0.15) is 0 Å². The van der Waals surface area contributed by atoms with E-state index in [1.54, 1.807) is 17.0 Å². The van der Waals surface area contributed by atoms with E-state index in [0.717, 1.165) is 5.56 Å². The van der Waals surface area contributed by atoms with Gasteiger partial charge in [0.15, 0.2) is 12.4 Å². The number of hydrogen-bond donors (Lipinski definition) is 1. The molecular formula is C18H20ClN3O4. The third-order valence-corrected chi connectivity index (χ3v) is 4.36. The first-order valence-electron chi connectivity index (χ1n) is 8.01. The number of amides is 1. The highest BCUT2D eigenvalue weighted by molar-refractivity contribution is 5.85. The van der Waals surface area contributed by atoms with E-state index < -0.39 is 4.92 Å². The molecule has 2 aromatic carbocycles. The molecule has 1 amide bonds. The molecule has 2 aromatic rings. The van der Waals surface area contributed by atoms with Crippen LogP contribution in [0.2, 0.25) is 0 Å². The van der Waals surface area contributed by atoms with Crippen LogP contribution in [-0.4, -0.2) is 41.5 Å². The van der Waals surface area contributed by atoms with Crippen molar-refractivity contribution >= 4 is 24.0 Å². The lowest BCUT2D eigenvalue weighted by Crippen LogP contribution is -2.35. The minimum Gasteiger partial charge on any atom is -0.477 e. The summed E-state index contributed by atoms with van der Waals surface area (Å²) in [6.45, 7) is 0.710. The van der Waals surface area contributed by atoms with Gasteiger partial charge in [0.2, 0.25) is 0 Å². The number of carbonyl (C=O) groups is 1.